The van der Waals surface area contributed by atoms with E-state index in [1.165, 1.54) is 0 Å². The van der Waals surface area contributed by atoms with E-state index in [4.69, 9.17) is 5.73 Å². The minimum atomic E-state index is -3.47. The number of nitrogens with one attached hydrogen (secondary N) is 2. The second-order valence-corrected chi connectivity index (χ2v) is 6.55. The molecule has 1 aliphatic rings. The summed E-state index contributed by atoms with van der Waals surface area (Å²) >= 11 is 0. The van der Waals surface area contributed by atoms with E-state index in [0.29, 0.717) is 31.5 Å². The predicted molar refractivity (Wildman–Crippen MR) is 73.0 cm³/mol. The summed E-state index contributed by atoms with van der Waals surface area (Å²) in [5, 5.41) is 2.13. The Labute approximate surface area is 112 Å². The smallest absolute Gasteiger partial charge is 0.328 e. The third-order valence-electron chi connectivity index (χ3n) is 2.88. The number of urea groups is 1. The van der Waals surface area contributed by atoms with E-state index in [1.54, 1.807) is 12.1 Å². The maximum atomic E-state index is 11.5. The number of benzene rings is 1. The first kappa shape index (κ1) is 13.7. The maximum Gasteiger partial charge on any atom is 0.328 e. The van der Waals surface area contributed by atoms with Crippen molar-refractivity contribution >= 4 is 21.7 Å². The maximum absolute atomic E-state index is 11.5. The van der Waals surface area contributed by atoms with E-state index in [0.717, 1.165) is 5.56 Å². The number of anilines is 1. The van der Waals surface area contributed by atoms with Gasteiger partial charge in [-0.2, -0.15) is 0 Å². The molecular weight excluding hydrogens is 266 g/mol. The largest absolute Gasteiger partial charge is 0.399 e. The zero-order chi connectivity index (χ0) is 13.9. The van der Waals surface area contributed by atoms with Gasteiger partial charge in [0.2, 0.25) is 10.0 Å². The molecule has 104 valence electrons. The molecule has 2 amide bonds. The highest BCUT2D eigenvalue weighted by Crippen LogP contribution is 2.27. The van der Waals surface area contributed by atoms with Crippen LogP contribution in [0.25, 0.3) is 0 Å². The Bertz CT molecular complexity index is 550. The highest BCUT2D eigenvalue weighted by molar-refractivity contribution is 7.90. The first-order valence-corrected chi connectivity index (χ1v) is 7.66. The minimum Gasteiger partial charge on any atom is -0.399 e. The summed E-state index contributed by atoms with van der Waals surface area (Å²) in [7, 11) is -3.47. The molecular formula is C12H17N3O3S. The highest BCUT2D eigenvalue weighted by atomic mass is 32.2. The lowest BCUT2D eigenvalue weighted by atomic mass is 10.1. The van der Waals surface area contributed by atoms with Gasteiger partial charge in [-0.25, -0.2) is 17.9 Å². The molecule has 0 aromatic heterocycles. The number of carbonyl (C=O) groups is 1. The number of hydrogen-bond acceptors (Lipinski definition) is 4. The Balaban J connectivity index is 1.73. The van der Waals surface area contributed by atoms with Crippen LogP contribution in [-0.2, 0) is 16.4 Å². The molecule has 7 heteroatoms. The molecule has 0 atom stereocenters. The normalized spacial score (nSPS) is 14.9. The van der Waals surface area contributed by atoms with Gasteiger partial charge in [-0.15, -0.1) is 0 Å². The quantitative estimate of drug-likeness (QED) is 0.689. The van der Waals surface area contributed by atoms with Gasteiger partial charge in [0.25, 0.3) is 0 Å². The first-order valence-electron chi connectivity index (χ1n) is 6.11. The average molecular weight is 283 g/mol. The summed E-state index contributed by atoms with van der Waals surface area (Å²) in [4.78, 5) is 11.4. The number of rotatable bonds is 5. The van der Waals surface area contributed by atoms with Gasteiger partial charge in [-0.1, -0.05) is 12.1 Å². The summed E-state index contributed by atoms with van der Waals surface area (Å²) in [6.45, 7) is 0.371. The highest BCUT2D eigenvalue weighted by Gasteiger charge is 2.36. The molecule has 6 nitrogen and oxygen atoms in total. The first-order chi connectivity index (χ1) is 8.97. The molecule has 1 aliphatic carbocycles. The minimum absolute atomic E-state index is 0.371. The van der Waals surface area contributed by atoms with Gasteiger partial charge in [-0.3, -0.25) is 0 Å². The molecule has 19 heavy (non-hydrogen) atoms. The van der Waals surface area contributed by atoms with Gasteiger partial charge in [0.15, 0.2) is 0 Å². The van der Waals surface area contributed by atoms with Crippen molar-refractivity contribution in [2.45, 2.75) is 24.5 Å². The Morgan fingerprint density at radius 2 is 1.89 bits per heavy atom. The molecule has 0 saturated heterocycles. The monoisotopic (exact) mass is 283 g/mol. The van der Waals surface area contributed by atoms with Crippen LogP contribution >= 0.6 is 0 Å². The van der Waals surface area contributed by atoms with Crippen molar-refractivity contribution in [2.24, 2.45) is 0 Å². The van der Waals surface area contributed by atoms with Crippen LogP contribution in [0.1, 0.15) is 18.4 Å². The van der Waals surface area contributed by atoms with Gasteiger partial charge < -0.3 is 11.1 Å². The standard InChI is InChI=1S/C12H17N3O3S/c13-10-3-1-9(2-4-10)7-8-14-12(16)15-19(17,18)11-5-6-11/h1-4,11H,5-8,13H2,(H2,14,15,16). The zero-order valence-corrected chi connectivity index (χ0v) is 11.2. The van der Waals surface area contributed by atoms with Crippen molar-refractivity contribution < 1.29 is 13.2 Å². The van der Waals surface area contributed by atoms with Crippen LogP contribution in [0.4, 0.5) is 10.5 Å². The SMILES string of the molecule is Nc1ccc(CCNC(=O)NS(=O)(=O)C2CC2)cc1. The Morgan fingerprint density at radius 3 is 2.47 bits per heavy atom. The zero-order valence-electron chi connectivity index (χ0n) is 10.4. The van der Waals surface area contributed by atoms with Crippen molar-refractivity contribution in [3.8, 4) is 0 Å². The molecule has 0 bridgehead atoms. The molecule has 4 N–H and O–H groups in total. The molecule has 1 saturated carbocycles. The van der Waals surface area contributed by atoms with E-state index >= 15 is 0 Å². The summed E-state index contributed by atoms with van der Waals surface area (Å²) in [6, 6.07) is 6.65. The van der Waals surface area contributed by atoms with Gasteiger partial charge in [0.05, 0.1) is 5.25 Å². The van der Waals surface area contributed by atoms with Gasteiger partial charge >= 0.3 is 6.03 Å². The Morgan fingerprint density at radius 1 is 1.26 bits per heavy atom. The lowest BCUT2D eigenvalue weighted by Crippen LogP contribution is -2.41. The number of amides is 2. The summed E-state index contributed by atoms with van der Waals surface area (Å²) in [5.74, 6) is 0. The Kier molecular flexibility index (Phi) is 3.94. The van der Waals surface area contributed by atoms with Crippen molar-refractivity contribution in [3.05, 3.63) is 29.8 Å². The van der Waals surface area contributed by atoms with Crippen molar-refractivity contribution in [1.82, 2.24) is 10.0 Å². The number of nitrogen functional groups attached to an aromatic ring is 1. The van der Waals surface area contributed by atoms with E-state index in [9.17, 15) is 13.2 Å². The van der Waals surface area contributed by atoms with E-state index in [2.05, 4.69) is 5.32 Å². The van der Waals surface area contributed by atoms with Crippen LogP contribution in [-0.4, -0.2) is 26.2 Å². The van der Waals surface area contributed by atoms with E-state index in [1.807, 2.05) is 16.9 Å². The third-order valence-corrected chi connectivity index (χ3v) is 4.70. The molecule has 2 rings (SSSR count). The fraction of sp³-hybridized carbons (Fsp3) is 0.417. The van der Waals surface area contributed by atoms with Crippen LogP contribution in [0.15, 0.2) is 24.3 Å². The second kappa shape index (κ2) is 5.48. The van der Waals surface area contributed by atoms with Crippen LogP contribution in [0.5, 0.6) is 0 Å². The molecule has 1 fully saturated rings. The molecule has 0 radical (unpaired) electrons. The van der Waals surface area contributed by atoms with Crippen molar-refractivity contribution in [2.75, 3.05) is 12.3 Å². The third kappa shape index (κ3) is 4.13. The molecule has 1 aromatic carbocycles. The number of nitrogens with two attached hydrogens (primary N) is 1. The van der Waals surface area contributed by atoms with Crippen molar-refractivity contribution in [1.29, 1.82) is 0 Å². The van der Waals surface area contributed by atoms with E-state index in [-0.39, 0.29) is 0 Å². The summed E-state index contributed by atoms with van der Waals surface area (Å²) < 4.78 is 25.0. The summed E-state index contributed by atoms with van der Waals surface area (Å²) in [5.41, 5.74) is 7.27. The second-order valence-electron chi connectivity index (χ2n) is 4.59. The molecule has 0 heterocycles. The van der Waals surface area contributed by atoms with Gasteiger partial charge in [0, 0.05) is 12.2 Å². The van der Waals surface area contributed by atoms with Gasteiger partial charge in [0.1, 0.15) is 0 Å². The molecule has 0 aliphatic heterocycles. The number of carbonyl (C=O) groups excluding carboxylic acids is 1. The lowest BCUT2D eigenvalue weighted by molar-refractivity contribution is 0.246. The topological polar surface area (TPSA) is 101 Å². The van der Waals surface area contributed by atoms with E-state index < -0.39 is 21.3 Å². The predicted octanol–water partition coefficient (Wildman–Crippen LogP) is 0.603. The molecule has 0 unspecified atom stereocenters. The molecule has 1 aromatic rings. The summed E-state index contributed by atoms with van der Waals surface area (Å²) in [6.07, 6.45) is 1.89. The lowest BCUT2D eigenvalue weighted by Gasteiger charge is -2.08. The average Bonchev–Trinajstić information content (AvgIpc) is 3.15. The van der Waals surface area contributed by atoms with Crippen molar-refractivity contribution in [3.63, 3.8) is 0 Å². The number of sulfonamides is 1. The molecule has 0 spiro atoms. The van der Waals surface area contributed by atoms with Crippen LogP contribution in [0.3, 0.4) is 0 Å². The van der Waals surface area contributed by atoms with Gasteiger partial charge in [-0.05, 0) is 37.0 Å². The fourth-order valence-corrected chi connectivity index (χ4v) is 2.89. The number of hydrogen-bond donors (Lipinski definition) is 3. The van der Waals surface area contributed by atoms with Crippen LogP contribution in [0.2, 0.25) is 0 Å². The fourth-order valence-electron chi connectivity index (χ4n) is 1.63. The van der Waals surface area contributed by atoms with Crippen LogP contribution in [0, 0.1) is 0 Å². The van der Waals surface area contributed by atoms with Crippen LogP contribution < -0.4 is 15.8 Å². The Hall–Kier alpha value is -1.76.